The summed E-state index contributed by atoms with van der Waals surface area (Å²) in [6, 6.07) is 0.147. The van der Waals surface area contributed by atoms with Crippen molar-refractivity contribution < 1.29 is 9.53 Å². The molecular formula is C13H20N4O2. The zero-order chi connectivity index (χ0) is 13.1. The summed E-state index contributed by atoms with van der Waals surface area (Å²) < 4.78 is 7.51. The molecule has 2 aliphatic rings. The van der Waals surface area contributed by atoms with Crippen molar-refractivity contribution in [3.05, 3.63) is 12.4 Å². The third-order valence-corrected chi connectivity index (χ3v) is 4.12. The molecule has 1 amide bonds. The lowest BCUT2D eigenvalue weighted by Crippen LogP contribution is -2.39. The largest absolute Gasteiger partial charge is 0.373 e. The monoisotopic (exact) mass is 264 g/mol. The molecule has 1 saturated heterocycles. The van der Waals surface area contributed by atoms with Gasteiger partial charge in [0.05, 0.1) is 24.4 Å². The highest BCUT2D eigenvalue weighted by Gasteiger charge is 2.41. The number of carbonyl (C=O) groups is 1. The molecule has 1 N–H and O–H groups in total. The van der Waals surface area contributed by atoms with E-state index in [0.29, 0.717) is 6.61 Å². The third-order valence-electron chi connectivity index (χ3n) is 4.12. The molecule has 1 spiro atoms. The van der Waals surface area contributed by atoms with Crippen LogP contribution in [0.4, 0.5) is 0 Å². The van der Waals surface area contributed by atoms with Crippen LogP contribution in [-0.4, -0.2) is 39.2 Å². The minimum absolute atomic E-state index is 0.0213. The summed E-state index contributed by atoms with van der Waals surface area (Å²) in [5.41, 5.74) is 0.0451. The Morgan fingerprint density at radius 3 is 3.00 bits per heavy atom. The van der Waals surface area contributed by atoms with Gasteiger partial charge in [-0.3, -0.25) is 4.79 Å². The Labute approximate surface area is 112 Å². The smallest absolute Gasteiger partial charge is 0.242 e. The first kappa shape index (κ1) is 12.6. The van der Waals surface area contributed by atoms with Crippen LogP contribution in [0.1, 0.15) is 38.5 Å². The molecule has 1 atom stereocenters. The van der Waals surface area contributed by atoms with Crippen molar-refractivity contribution >= 4 is 5.91 Å². The molecule has 1 aliphatic carbocycles. The van der Waals surface area contributed by atoms with Crippen LogP contribution >= 0.6 is 0 Å². The Morgan fingerprint density at radius 1 is 1.42 bits per heavy atom. The summed E-state index contributed by atoms with van der Waals surface area (Å²) in [4.78, 5) is 11.9. The minimum atomic E-state index is -0.0213. The van der Waals surface area contributed by atoms with Crippen molar-refractivity contribution in [3.8, 4) is 0 Å². The molecule has 2 fully saturated rings. The van der Waals surface area contributed by atoms with Crippen LogP contribution in [0.2, 0.25) is 0 Å². The molecule has 1 aliphatic heterocycles. The molecule has 0 bridgehead atoms. The van der Waals surface area contributed by atoms with Crippen molar-refractivity contribution in [3.63, 3.8) is 0 Å². The second-order valence-corrected chi connectivity index (χ2v) is 5.62. The standard InChI is InChI=1S/C13H20N4O2/c18-12(9-17-7-6-14-16-17)15-11-8-13(19-10-11)4-2-1-3-5-13/h6-7,11H,1-5,8-10H2,(H,15,18). The average Bonchev–Trinajstić information content (AvgIpc) is 3.02. The first-order chi connectivity index (χ1) is 9.26. The molecule has 1 unspecified atom stereocenters. The number of amides is 1. The number of hydrogen-bond acceptors (Lipinski definition) is 4. The highest BCUT2D eigenvalue weighted by molar-refractivity contribution is 5.76. The maximum Gasteiger partial charge on any atom is 0.242 e. The van der Waals surface area contributed by atoms with Gasteiger partial charge in [0.1, 0.15) is 6.54 Å². The molecule has 2 heterocycles. The van der Waals surface area contributed by atoms with E-state index in [2.05, 4.69) is 15.6 Å². The number of carbonyl (C=O) groups excluding carboxylic acids is 1. The normalized spacial score (nSPS) is 25.6. The highest BCUT2D eigenvalue weighted by atomic mass is 16.5. The second kappa shape index (κ2) is 5.28. The lowest BCUT2D eigenvalue weighted by Gasteiger charge is -2.32. The van der Waals surface area contributed by atoms with E-state index in [0.717, 1.165) is 19.3 Å². The molecular weight excluding hydrogens is 244 g/mol. The predicted octanol–water partition coefficient (Wildman–Crippen LogP) is 0.886. The van der Waals surface area contributed by atoms with E-state index in [-0.39, 0.29) is 24.1 Å². The Morgan fingerprint density at radius 2 is 2.26 bits per heavy atom. The van der Waals surface area contributed by atoms with Gasteiger partial charge in [0.2, 0.25) is 5.91 Å². The Balaban J connectivity index is 1.50. The van der Waals surface area contributed by atoms with Crippen molar-refractivity contribution in [1.82, 2.24) is 20.3 Å². The van der Waals surface area contributed by atoms with E-state index < -0.39 is 0 Å². The first-order valence-corrected chi connectivity index (χ1v) is 7.03. The summed E-state index contributed by atoms with van der Waals surface area (Å²) in [5.74, 6) is -0.0213. The minimum Gasteiger partial charge on any atom is -0.373 e. The molecule has 1 aromatic rings. The molecule has 1 saturated carbocycles. The maximum atomic E-state index is 11.9. The quantitative estimate of drug-likeness (QED) is 0.880. The van der Waals surface area contributed by atoms with Crippen molar-refractivity contribution in [2.45, 2.75) is 56.7 Å². The zero-order valence-electron chi connectivity index (χ0n) is 11.0. The van der Waals surface area contributed by atoms with E-state index in [9.17, 15) is 4.79 Å². The van der Waals surface area contributed by atoms with E-state index >= 15 is 0 Å². The van der Waals surface area contributed by atoms with Gasteiger partial charge in [0, 0.05) is 6.20 Å². The lowest BCUT2D eigenvalue weighted by molar-refractivity contribution is -0.122. The van der Waals surface area contributed by atoms with Gasteiger partial charge in [-0.2, -0.15) is 0 Å². The van der Waals surface area contributed by atoms with Gasteiger partial charge in [-0.15, -0.1) is 5.10 Å². The summed E-state index contributed by atoms with van der Waals surface area (Å²) in [6.45, 7) is 0.868. The predicted molar refractivity (Wildman–Crippen MR) is 68.3 cm³/mol. The molecule has 0 radical (unpaired) electrons. The third kappa shape index (κ3) is 2.94. The van der Waals surface area contributed by atoms with Gasteiger partial charge >= 0.3 is 0 Å². The lowest BCUT2D eigenvalue weighted by atomic mass is 9.82. The van der Waals surface area contributed by atoms with Crippen LogP contribution in [0, 0.1) is 0 Å². The molecule has 104 valence electrons. The first-order valence-electron chi connectivity index (χ1n) is 7.03. The molecule has 1 aromatic heterocycles. The van der Waals surface area contributed by atoms with Crippen LogP contribution in [-0.2, 0) is 16.1 Å². The Hall–Kier alpha value is -1.43. The molecule has 3 rings (SSSR count). The van der Waals surface area contributed by atoms with Gasteiger partial charge in [-0.25, -0.2) is 4.68 Å². The SMILES string of the molecule is O=C(Cn1ccnn1)NC1COC2(CCCCC2)C1. The van der Waals surface area contributed by atoms with Crippen molar-refractivity contribution in [1.29, 1.82) is 0 Å². The number of hydrogen-bond donors (Lipinski definition) is 1. The fourth-order valence-electron chi connectivity index (χ4n) is 3.22. The van der Waals surface area contributed by atoms with E-state index in [4.69, 9.17) is 4.74 Å². The van der Waals surface area contributed by atoms with E-state index in [1.807, 2.05) is 0 Å². The van der Waals surface area contributed by atoms with Gasteiger partial charge in [-0.1, -0.05) is 24.5 Å². The number of nitrogens with zero attached hydrogens (tertiary/aromatic N) is 3. The van der Waals surface area contributed by atoms with Crippen LogP contribution in [0.25, 0.3) is 0 Å². The van der Waals surface area contributed by atoms with Gasteiger partial charge in [0.15, 0.2) is 0 Å². The zero-order valence-corrected chi connectivity index (χ0v) is 11.0. The summed E-state index contributed by atoms with van der Waals surface area (Å²) in [6.07, 6.45) is 10.3. The molecule has 19 heavy (non-hydrogen) atoms. The van der Waals surface area contributed by atoms with Crippen molar-refractivity contribution in [2.24, 2.45) is 0 Å². The van der Waals surface area contributed by atoms with Crippen LogP contribution < -0.4 is 5.32 Å². The molecule has 6 nitrogen and oxygen atoms in total. The molecule has 0 aromatic carbocycles. The highest BCUT2D eigenvalue weighted by Crippen LogP contribution is 2.39. The summed E-state index contributed by atoms with van der Waals surface area (Å²) in [7, 11) is 0. The Bertz CT molecular complexity index is 426. The van der Waals surface area contributed by atoms with Gasteiger partial charge < -0.3 is 10.1 Å². The van der Waals surface area contributed by atoms with Crippen molar-refractivity contribution in [2.75, 3.05) is 6.61 Å². The van der Waals surface area contributed by atoms with E-state index in [1.165, 1.54) is 23.9 Å². The molecule has 6 heteroatoms. The van der Waals surface area contributed by atoms with Crippen LogP contribution in [0.5, 0.6) is 0 Å². The summed E-state index contributed by atoms with van der Waals surface area (Å²) in [5, 5.41) is 10.5. The number of aromatic nitrogens is 3. The van der Waals surface area contributed by atoms with Gasteiger partial charge in [0.25, 0.3) is 0 Å². The van der Waals surface area contributed by atoms with Crippen LogP contribution in [0.3, 0.4) is 0 Å². The Kier molecular flexibility index (Phi) is 3.50. The van der Waals surface area contributed by atoms with Gasteiger partial charge in [-0.05, 0) is 19.3 Å². The van der Waals surface area contributed by atoms with E-state index in [1.54, 1.807) is 12.4 Å². The second-order valence-electron chi connectivity index (χ2n) is 5.62. The van der Waals surface area contributed by atoms with Crippen LogP contribution in [0.15, 0.2) is 12.4 Å². The summed E-state index contributed by atoms with van der Waals surface area (Å²) >= 11 is 0. The average molecular weight is 264 g/mol. The fourth-order valence-corrected chi connectivity index (χ4v) is 3.22. The number of nitrogens with one attached hydrogen (secondary N) is 1. The maximum absolute atomic E-state index is 11.9. The number of ether oxygens (including phenoxy) is 1. The number of rotatable bonds is 3. The topological polar surface area (TPSA) is 69.0 Å². The fraction of sp³-hybridized carbons (Fsp3) is 0.769.